The summed E-state index contributed by atoms with van der Waals surface area (Å²) in [5.74, 6) is -1.18. The third kappa shape index (κ3) is 3.27. The number of nitrogens with two attached hydrogens (primary N) is 1. The lowest BCUT2D eigenvalue weighted by Crippen LogP contribution is -2.33. The molecule has 18 heavy (non-hydrogen) atoms. The Labute approximate surface area is 114 Å². The monoisotopic (exact) mass is 290 g/mol. The van der Waals surface area contributed by atoms with Crippen LogP contribution in [-0.2, 0) is 9.53 Å². The Balaban J connectivity index is 2.95. The SMILES string of the molecule is CNC(=O)C(C)OC(=O)c1cc(N)cc(Cl)c1Cl. The summed E-state index contributed by atoms with van der Waals surface area (Å²) < 4.78 is 4.93. The maximum Gasteiger partial charge on any atom is 0.340 e. The minimum Gasteiger partial charge on any atom is -0.449 e. The van der Waals surface area contributed by atoms with Gasteiger partial charge in [0, 0.05) is 12.7 Å². The molecule has 0 fully saturated rings. The van der Waals surface area contributed by atoms with Gasteiger partial charge in [0.2, 0.25) is 0 Å². The van der Waals surface area contributed by atoms with Crippen LogP contribution in [0.4, 0.5) is 5.69 Å². The number of nitrogen functional groups attached to an aromatic ring is 1. The van der Waals surface area contributed by atoms with Crippen molar-refractivity contribution < 1.29 is 14.3 Å². The fourth-order valence-corrected chi connectivity index (χ4v) is 1.65. The van der Waals surface area contributed by atoms with Gasteiger partial charge < -0.3 is 15.8 Å². The van der Waals surface area contributed by atoms with Crippen LogP contribution in [-0.4, -0.2) is 25.0 Å². The van der Waals surface area contributed by atoms with E-state index in [9.17, 15) is 9.59 Å². The van der Waals surface area contributed by atoms with E-state index >= 15 is 0 Å². The molecule has 0 aliphatic carbocycles. The average molecular weight is 291 g/mol. The molecule has 0 radical (unpaired) electrons. The first kappa shape index (κ1) is 14.6. The first-order valence-electron chi connectivity index (χ1n) is 5.04. The van der Waals surface area contributed by atoms with E-state index in [0.717, 1.165) is 0 Å². The fraction of sp³-hybridized carbons (Fsp3) is 0.273. The number of amides is 1. The summed E-state index contributed by atoms with van der Waals surface area (Å²) in [6, 6.07) is 2.76. The summed E-state index contributed by atoms with van der Waals surface area (Å²) in [5.41, 5.74) is 5.86. The van der Waals surface area contributed by atoms with Gasteiger partial charge in [-0.2, -0.15) is 0 Å². The number of hydrogen-bond acceptors (Lipinski definition) is 4. The fourth-order valence-electron chi connectivity index (χ4n) is 1.24. The van der Waals surface area contributed by atoms with Gasteiger partial charge in [-0.05, 0) is 19.1 Å². The second kappa shape index (κ2) is 5.93. The second-order valence-corrected chi connectivity index (χ2v) is 4.31. The van der Waals surface area contributed by atoms with Crippen molar-refractivity contribution >= 4 is 40.8 Å². The van der Waals surface area contributed by atoms with Crippen LogP contribution in [0.3, 0.4) is 0 Å². The van der Waals surface area contributed by atoms with E-state index in [0.29, 0.717) is 0 Å². The van der Waals surface area contributed by atoms with E-state index < -0.39 is 18.0 Å². The lowest BCUT2D eigenvalue weighted by molar-refractivity contribution is -0.128. The molecule has 0 aliphatic heterocycles. The molecule has 0 aromatic heterocycles. The Bertz CT molecular complexity index is 491. The zero-order valence-electron chi connectivity index (χ0n) is 9.79. The molecule has 1 amide bonds. The lowest BCUT2D eigenvalue weighted by atomic mass is 10.2. The van der Waals surface area contributed by atoms with Crippen LogP contribution in [0.2, 0.25) is 10.0 Å². The highest BCUT2D eigenvalue weighted by Gasteiger charge is 2.21. The Kier molecular flexibility index (Phi) is 4.81. The molecular formula is C11H12Cl2N2O3. The van der Waals surface area contributed by atoms with Gasteiger partial charge in [0.15, 0.2) is 6.10 Å². The largest absolute Gasteiger partial charge is 0.449 e. The van der Waals surface area contributed by atoms with Crippen molar-refractivity contribution in [3.05, 3.63) is 27.7 Å². The summed E-state index contributed by atoms with van der Waals surface area (Å²) in [7, 11) is 1.44. The maximum absolute atomic E-state index is 11.8. The average Bonchev–Trinajstić information content (AvgIpc) is 2.32. The molecule has 3 N–H and O–H groups in total. The Morgan fingerprint density at radius 2 is 2.00 bits per heavy atom. The highest BCUT2D eigenvalue weighted by molar-refractivity contribution is 6.44. The predicted molar refractivity (Wildman–Crippen MR) is 69.8 cm³/mol. The number of likely N-dealkylation sites (N-methyl/N-ethyl adjacent to an activating group) is 1. The van der Waals surface area contributed by atoms with E-state index in [1.807, 2.05) is 0 Å². The van der Waals surface area contributed by atoms with Gasteiger partial charge in [-0.1, -0.05) is 23.2 Å². The number of benzene rings is 1. The zero-order valence-corrected chi connectivity index (χ0v) is 11.3. The van der Waals surface area contributed by atoms with Crippen LogP contribution >= 0.6 is 23.2 Å². The minimum absolute atomic E-state index is 0.0254. The van der Waals surface area contributed by atoms with Crippen LogP contribution in [0.1, 0.15) is 17.3 Å². The van der Waals surface area contributed by atoms with Gasteiger partial charge in [-0.25, -0.2) is 4.79 Å². The summed E-state index contributed by atoms with van der Waals surface area (Å²) >= 11 is 11.7. The Morgan fingerprint density at radius 3 is 2.56 bits per heavy atom. The number of hydrogen-bond donors (Lipinski definition) is 2. The van der Waals surface area contributed by atoms with E-state index in [4.69, 9.17) is 33.7 Å². The number of nitrogens with one attached hydrogen (secondary N) is 1. The van der Waals surface area contributed by atoms with E-state index in [1.54, 1.807) is 0 Å². The molecule has 0 heterocycles. The molecule has 1 aromatic carbocycles. The van der Waals surface area contributed by atoms with Crippen molar-refractivity contribution in [1.29, 1.82) is 0 Å². The van der Waals surface area contributed by atoms with Crippen molar-refractivity contribution in [3.8, 4) is 0 Å². The van der Waals surface area contributed by atoms with Crippen molar-refractivity contribution in [3.63, 3.8) is 0 Å². The van der Waals surface area contributed by atoms with E-state index in [-0.39, 0.29) is 21.3 Å². The van der Waals surface area contributed by atoms with Crippen LogP contribution < -0.4 is 11.1 Å². The Morgan fingerprint density at radius 1 is 1.39 bits per heavy atom. The van der Waals surface area contributed by atoms with Crippen LogP contribution in [0.25, 0.3) is 0 Å². The first-order chi connectivity index (χ1) is 8.36. The quantitative estimate of drug-likeness (QED) is 0.658. The number of esters is 1. The van der Waals surface area contributed by atoms with Gasteiger partial charge in [0.25, 0.3) is 5.91 Å². The molecule has 98 valence electrons. The van der Waals surface area contributed by atoms with Crippen LogP contribution in [0.15, 0.2) is 12.1 Å². The first-order valence-corrected chi connectivity index (χ1v) is 5.79. The zero-order chi connectivity index (χ0) is 13.9. The molecule has 0 saturated carbocycles. The highest BCUT2D eigenvalue weighted by Crippen LogP contribution is 2.29. The smallest absolute Gasteiger partial charge is 0.340 e. The predicted octanol–water partition coefficient (Wildman–Crippen LogP) is 1.87. The molecule has 1 rings (SSSR count). The molecule has 5 nitrogen and oxygen atoms in total. The molecule has 1 atom stereocenters. The number of halogens is 2. The third-order valence-corrected chi connectivity index (χ3v) is 2.97. The topological polar surface area (TPSA) is 81.4 Å². The van der Waals surface area contributed by atoms with Gasteiger partial charge >= 0.3 is 5.97 Å². The third-order valence-electron chi connectivity index (χ3n) is 2.17. The van der Waals surface area contributed by atoms with Crippen molar-refractivity contribution in [1.82, 2.24) is 5.32 Å². The van der Waals surface area contributed by atoms with Gasteiger partial charge in [-0.15, -0.1) is 0 Å². The molecule has 0 aliphatic rings. The number of carbonyl (C=O) groups excluding carboxylic acids is 2. The van der Waals surface area contributed by atoms with Crippen molar-refractivity contribution in [2.45, 2.75) is 13.0 Å². The number of anilines is 1. The molecule has 0 spiro atoms. The standard InChI is InChI=1S/C11H12Cl2N2O3/c1-5(10(16)15-2)18-11(17)7-3-6(14)4-8(12)9(7)13/h3-5H,14H2,1-2H3,(H,15,16). The normalized spacial score (nSPS) is 11.8. The van der Waals surface area contributed by atoms with Crippen molar-refractivity contribution in [2.75, 3.05) is 12.8 Å². The summed E-state index contributed by atoms with van der Waals surface area (Å²) in [5, 5.41) is 2.55. The van der Waals surface area contributed by atoms with Gasteiger partial charge in [0.1, 0.15) is 0 Å². The lowest BCUT2D eigenvalue weighted by Gasteiger charge is -2.13. The molecule has 0 saturated heterocycles. The van der Waals surface area contributed by atoms with Crippen LogP contribution in [0.5, 0.6) is 0 Å². The van der Waals surface area contributed by atoms with Gasteiger partial charge in [0.05, 0.1) is 15.6 Å². The highest BCUT2D eigenvalue weighted by atomic mass is 35.5. The summed E-state index contributed by atoms with van der Waals surface area (Å²) in [4.78, 5) is 23.0. The Hall–Kier alpha value is -1.46. The minimum atomic E-state index is -0.932. The van der Waals surface area contributed by atoms with Gasteiger partial charge in [-0.3, -0.25) is 4.79 Å². The molecule has 1 unspecified atom stereocenters. The second-order valence-electron chi connectivity index (χ2n) is 3.53. The van der Waals surface area contributed by atoms with Crippen molar-refractivity contribution in [2.24, 2.45) is 0 Å². The van der Waals surface area contributed by atoms with Crippen LogP contribution in [0, 0.1) is 0 Å². The number of ether oxygens (including phenoxy) is 1. The van der Waals surface area contributed by atoms with E-state index in [2.05, 4.69) is 5.32 Å². The van der Waals surface area contributed by atoms with E-state index in [1.165, 1.54) is 26.1 Å². The molecule has 1 aromatic rings. The number of carbonyl (C=O) groups is 2. The maximum atomic E-state index is 11.8. The summed E-state index contributed by atoms with van der Waals surface area (Å²) in [6.07, 6.45) is -0.932. The molecular weight excluding hydrogens is 279 g/mol. The molecule has 0 bridgehead atoms. The molecule has 7 heteroatoms. The number of rotatable bonds is 3. The summed E-state index contributed by atoms with van der Waals surface area (Å²) in [6.45, 7) is 1.44.